The maximum atomic E-state index is 12.7. The van der Waals surface area contributed by atoms with Crippen molar-refractivity contribution in [3.8, 4) is 0 Å². The van der Waals surface area contributed by atoms with Crippen LogP contribution in [0.4, 0.5) is 5.69 Å². The molecular weight excluding hydrogens is 390 g/mol. The first kappa shape index (κ1) is 19.2. The first-order chi connectivity index (χ1) is 13.9. The summed E-state index contributed by atoms with van der Waals surface area (Å²) in [5.41, 5.74) is 4.93. The number of aryl methyl sites for hydroxylation is 1. The second-order valence-electron chi connectivity index (χ2n) is 7.26. The van der Waals surface area contributed by atoms with Gasteiger partial charge >= 0.3 is 0 Å². The minimum Gasteiger partial charge on any atom is -0.361 e. The molecule has 0 atom stereocenters. The first-order valence-electron chi connectivity index (χ1n) is 9.40. The van der Waals surface area contributed by atoms with E-state index in [-0.39, 0.29) is 18.0 Å². The number of carbonyl (C=O) groups is 1. The van der Waals surface area contributed by atoms with Crippen LogP contribution < -0.4 is 0 Å². The number of non-ortho nitro benzene ring substituents is 1. The predicted molar refractivity (Wildman–Crippen MR) is 114 cm³/mol. The Morgan fingerprint density at radius 2 is 2.10 bits per heavy atom. The number of hydrogen-bond acceptors (Lipinski definition) is 3. The molecule has 4 rings (SSSR count). The van der Waals surface area contributed by atoms with Crippen molar-refractivity contribution in [2.24, 2.45) is 0 Å². The van der Waals surface area contributed by atoms with Gasteiger partial charge in [-0.1, -0.05) is 29.8 Å². The van der Waals surface area contributed by atoms with E-state index >= 15 is 0 Å². The van der Waals surface area contributed by atoms with Gasteiger partial charge in [0.2, 0.25) is 5.91 Å². The highest BCUT2D eigenvalue weighted by molar-refractivity contribution is 6.31. The van der Waals surface area contributed by atoms with Crippen molar-refractivity contribution < 1.29 is 9.72 Å². The minimum absolute atomic E-state index is 0.0127. The molecule has 0 saturated carbocycles. The molecule has 1 aliphatic heterocycles. The molecule has 0 spiro atoms. The summed E-state index contributed by atoms with van der Waals surface area (Å²) in [5, 5.41) is 12.8. The van der Waals surface area contributed by atoms with Crippen LogP contribution in [0.3, 0.4) is 0 Å². The van der Waals surface area contributed by atoms with Crippen LogP contribution in [0.25, 0.3) is 16.5 Å². The van der Waals surface area contributed by atoms with E-state index in [4.69, 9.17) is 11.6 Å². The third-order valence-electron chi connectivity index (χ3n) is 5.44. The highest BCUT2D eigenvalue weighted by Gasteiger charge is 2.21. The van der Waals surface area contributed by atoms with Crippen molar-refractivity contribution >= 4 is 39.7 Å². The smallest absolute Gasteiger partial charge is 0.269 e. The van der Waals surface area contributed by atoms with Gasteiger partial charge in [0.15, 0.2) is 0 Å². The molecule has 2 aromatic carbocycles. The monoisotopic (exact) mass is 409 g/mol. The zero-order chi connectivity index (χ0) is 20.5. The summed E-state index contributed by atoms with van der Waals surface area (Å²) in [6.07, 6.45) is 4.99. The number of rotatable bonds is 4. The highest BCUT2D eigenvalue weighted by atomic mass is 35.5. The molecule has 3 aromatic rings. The molecule has 7 heteroatoms. The van der Waals surface area contributed by atoms with E-state index in [0.717, 1.165) is 28.5 Å². The number of carbonyl (C=O) groups excluding carboxylic acids is 1. The molecule has 6 nitrogen and oxygen atoms in total. The van der Waals surface area contributed by atoms with Crippen molar-refractivity contribution in [2.75, 3.05) is 13.1 Å². The Labute approximate surface area is 172 Å². The van der Waals surface area contributed by atoms with Gasteiger partial charge in [0.25, 0.3) is 5.69 Å². The molecule has 29 heavy (non-hydrogen) atoms. The number of benzene rings is 2. The van der Waals surface area contributed by atoms with E-state index < -0.39 is 4.92 Å². The van der Waals surface area contributed by atoms with Gasteiger partial charge in [-0.3, -0.25) is 14.9 Å². The maximum absolute atomic E-state index is 12.7. The number of nitrogens with one attached hydrogen (secondary N) is 1. The van der Waals surface area contributed by atoms with Crippen LogP contribution in [-0.2, 0) is 11.2 Å². The van der Waals surface area contributed by atoms with Gasteiger partial charge in [-0.05, 0) is 42.2 Å². The Morgan fingerprint density at radius 1 is 1.28 bits per heavy atom. The summed E-state index contributed by atoms with van der Waals surface area (Å²) in [6, 6.07) is 10.4. The lowest BCUT2D eigenvalue weighted by atomic mass is 9.98. The molecule has 2 heterocycles. The Morgan fingerprint density at radius 3 is 2.83 bits per heavy atom. The summed E-state index contributed by atoms with van der Waals surface area (Å²) < 4.78 is 0. The molecular formula is C22H20ClN3O3. The van der Waals surface area contributed by atoms with Crippen molar-refractivity contribution in [1.29, 1.82) is 0 Å². The van der Waals surface area contributed by atoms with Crippen LogP contribution >= 0.6 is 11.6 Å². The fourth-order valence-corrected chi connectivity index (χ4v) is 3.91. The molecule has 1 amide bonds. The summed E-state index contributed by atoms with van der Waals surface area (Å²) in [7, 11) is 0. The van der Waals surface area contributed by atoms with Crippen LogP contribution in [0.1, 0.15) is 23.1 Å². The third-order valence-corrected chi connectivity index (χ3v) is 5.67. The van der Waals surface area contributed by atoms with Crippen LogP contribution in [0, 0.1) is 17.0 Å². The number of nitro benzene ring substituents is 1. The normalized spacial score (nSPS) is 14.1. The standard InChI is InChI=1S/C22H20ClN3O3/c1-14-2-4-18(26(28)29)10-16(14)11-22(27)25-8-6-15(7-9-25)20-13-24-21-12-17(23)3-5-19(20)21/h2-6,10,12-13,24H,7-9,11H2,1H3. The van der Waals surface area contributed by atoms with Crippen molar-refractivity contribution in [2.45, 2.75) is 19.8 Å². The zero-order valence-corrected chi connectivity index (χ0v) is 16.7. The summed E-state index contributed by atoms with van der Waals surface area (Å²) in [4.78, 5) is 28.4. The lowest BCUT2D eigenvalue weighted by molar-refractivity contribution is -0.384. The second-order valence-corrected chi connectivity index (χ2v) is 7.69. The van der Waals surface area contributed by atoms with Crippen LogP contribution in [-0.4, -0.2) is 33.8 Å². The summed E-state index contributed by atoms with van der Waals surface area (Å²) in [6.45, 7) is 3.02. The van der Waals surface area contributed by atoms with E-state index in [0.29, 0.717) is 23.7 Å². The number of nitro groups is 1. The molecule has 0 bridgehead atoms. The minimum atomic E-state index is -0.433. The first-order valence-corrected chi connectivity index (χ1v) is 9.78. The van der Waals surface area contributed by atoms with Crippen LogP contribution in [0.2, 0.25) is 5.02 Å². The number of aromatic nitrogens is 1. The van der Waals surface area contributed by atoms with Gasteiger partial charge in [0.1, 0.15) is 0 Å². The molecule has 1 aliphatic rings. The molecule has 0 radical (unpaired) electrons. The fraction of sp³-hybridized carbons (Fsp3) is 0.227. The van der Waals surface area contributed by atoms with Gasteiger partial charge in [0, 0.05) is 52.9 Å². The Hall–Kier alpha value is -3.12. The van der Waals surface area contributed by atoms with Crippen molar-refractivity contribution in [3.63, 3.8) is 0 Å². The number of hydrogen-bond donors (Lipinski definition) is 1. The molecule has 1 N–H and O–H groups in total. The van der Waals surface area contributed by atoms with Gasteiger partial charge < -0.3 is 9.88 Å². The lowest BCUT2D eigenvalue weighted by Gasteiger charge is -2.27. The van der Waals surface area contributed by atoms with E-state index in [1.165, 1.54) is 17.7 Å². The number of nitrogens with zero attached hydrogens (tertiary/aromatic N) is 2. The molecule has 148 valence electrons. The highest BCUT2D eigenvalue weighted by Crippen LogP contribution is 2.31. The predicted octanol–water partition coefficient (Wildman–Crippen LogP) is 4.90. The maximum Gasteiger partial charge on any atom is 0.269 e. The second kappa shape index (κ2) is 7.72. The van der Waals surface area contributed by atoms with Crippen LogP contribution in [0.5, 0.6) is 0 Å². The molecule has 0 saturated heterocycles. The Balaban J connectivity index is 1.49. The average molecular weight is 410 g/mol. The van der Waals surface area contributed by atoms with Crippen molar-refractivity contribution in [1.82, 2.24) is 9.88 Å². The number of halogens is 1. The van der Waals surface area contributed by atoms with E-state index in [9.17, 15) is 14.9 Å². The SMILES string of the molecule is Cc1ccc([N+](=O)[O-])cc1CC(=O)N1CC=C(c2c[nH]c3cc(Cl)ccc23)CC1. The molecule has 0 fully saturated rings. The van der Waals surface area contributed by atoms with E-state index in [2.05, 4.69) is 11.1 Å². The van der Waals surface area contributed by atoms with E-state index in [1.807, 2.05) is 31.3 Å². The van der Waals surface area contributed by atoms with Gasteiger partial charge in [-0.15, -0.1) is 0 Å². The van der Waals surface area contributed by atoms with Crippen LogP contribution in [0.15, 0.2) is 48.7 Å². The average Bonchev–Trinajstić information content (AvgIpc) is 3.12. The van der Waals surface area contributed by atoms with E-state index in [1.54, 1.807) is 11.0 Å². The number of fused-ring (bicyclic) bond motifs is 1. The number of H-pyrrole nitrogens is 1. The molecule has 0 aliphatic carbocycles. The molecule has 0 unspecified atom stereocenters. The summed E-state index contributed by atoms with van der Waals surface area (Å²) >= 11 is 6.06. The van der Waals surface area contributed by atoms with Crippen molar-refractivity contribution in [3.05, 3.63) is 80.5 Å². The molecule has 1 aromatic heterocycles. The number of amides is 1. The third kappa shape index (κ3) is 3.89. The zero-order valence-electron chi connectivity index (χ0n) is 15.9. The largest absolute Gasteiger partial charge is 0.361 e. The topological polar surface area (TPSA) is 79.2 Å². The van der Waals surface area contributed by atoms with Gasteiger partial charge in [-0.2, -0.15) is 0 Å². The fourth-order valence-electron chi connectivity index (χ4n) is 3.74. The Bertz CT molecular complexity index is 1150. The Kier molecular flexibility index (Phi) is 5.11. The van der Waals surface area contributed by atoms with Gasteiger partial charge in [0.05, 0.1) is 11.3 Å². The van der Waals surface area contributed by atoms with Gasteiger partial charge in [-0.25, -0.2) is 0 Å². The number of aromatic amines is 1. The lowest BCUT2D eigenvalue weighted by Crippen LogP contribution is -2.35. The summed E-state index contributed by atoms with van der Waals surface area (Å²) in [5.74, 6) is -0.0189. The quantitative estimate of drug-likeness (QED) is 0.491.